The fourth-order valence-electron chi connectivity index (χ4n) is 3.88. The maximum Gasteiger partial charge on any atom is 0.264 e. The van der Waals surface area contributed by atoms with E-state index < -0.39 is 28.5 Å². The predicted octanol–water partition coefficient (Wildman–Crippen LogP) is 4.77. The van der Waals surface area contributed by atoms with Crippen LogP contribution in [0.3, 0.4) is 0 Å². The highest BCUT2D eigenvalue weighted by Crippen LogP contribution is 2.25. The SMILES string of the molecule is CC(C)CNC(=O)[C@@H](C)N(CCc1ccccc1)C(=O)CN(c1ccc(Cl)cc1)S(=O)(=O)c1ccccc1. The number of nitrogens with one attached hydrogen (secondary N) is 1. The van der Waals surface area contributed by atoms with Crippen LogP contribution in [0.4, 0.5) is 5.69 Å². The molecule has 0 aliphatic rings. The number of hydrogen-bond donors (Lipinski definition) is 1. The van der Waals surface area contributed by atoms with E-state index in [9.17, 15) is 18.0 Å². The van der Waals surface area contributed by atoms with Gasteiger partial charge in [-0.05, 0) is 61.2 Å². The highest BCUT2D eigenvalue weighted by molar-refractivity contribution is 7.92. The number of sulfonamides is 1. The maximum absolute atomic E-state index is 13.8. The van der Waals surface area contributed by atoms with Crippen molar-refractivity contribution in [3.8, 4) is 0 Å². The van der Waals surface area contributed by atoms with E-state index in [2.05, 4.69) is 5.32 Å². The van der Waals surface area contributed by atoms with Crippen molar-refractivity contribution in [3.63, 3.8) is 0 Å². The number of anilines is 1. The van der Waals surface area contributed by atoms with Crippen molar-refractivity contribution in [1.29, 1.82) is 0 Å². The summed E-state index contributed by atoms with van der Waals surface area (Å²) in [7, 11) is -4.09. The third-order valence-electron chi connectivity index (χ3n) is 6.06. The number of rotatable bonds is 12. The Balaban J connectivity index is 1.94. The number of nitrogens with zero attached hydrogens (tertiary/aromatic N) is 2. The van der Waals surface area contributed by atoms with Gasteiger partial charge in [-0.2, -0.15) is 0 Å². The molecule has 2 amide bonds. The molecule has 0 heterocycles. The first-order chi connectivity index (χ1) is 18.1. The highest BCUT2D eigenvalue weighted by atomic mass is 35.5. The minimum Gasteiger partial charge on any atom is -0.354 e. The van der Waals surface area contributed by atoms with Gasteiger partial charge in [-0.15, -0.1) is 0 Å². The first-order valence-corrected chi connectivity index (χ1v) is 14.4. The van der Waals surface area contributed by atoms with Crippen LogP contribution in [0.2, 0.25) is 5.02 Å². The van der Waals surface area contributed by atoms with Gasteiger partial charge in [0.25, 0.3) is 10.0 Å². The molecule has 3 aromatic carbocycles. The zero-order chi connectivity index (χ0) is 27.7. The lowest BCUT2D eigenvalue weighted by Gasteiger charge is -2.32. The molecule has 0 aliphatic carbocycles. The van der Waals surface area contributed by atoms with Gasteiger partial charge in [-0.3, -0.25) is 13.9 Å². The Hall–Kier alpha value is -3.36. The molecule has 0 saturated carbocycles. The van der Waals surface area contributed by atoms with Crippen LogP contribution >= 0.6 is 11.6 Å². The van der Waals surface area contributed by atoms with E-state index in [1.54, 1.807) is 49.4 Å². The Kier molecular flexibility index (Phi) is 10.3. The lowest BCUT2D eigenvalue weighted by molar-refractivity contribution is -0.138. The van der Waals surface area contributed by atoms with Gasteiger partial charge in [0, 0.05) is 18.1 Å². The van der Waals surface area contributed by atoms with Gasteiger partial charge in [0.1, 0.15) is 12.6 Å². The van der Waals surface area contributed by atoms with Gasteiger partial charge in [-0.1, -0.05) is 74.0 Å². The molecule has 1 atom stereocenters. The molecule has 202 valence electrons. The topological polar surface area (TPSA) is 86.8 Å². The van der Waals surface area contributed by atoms with Crippen molar-refractivity contribution in [2.75, 3.05) is 23.9 Å². The van der Waals surface area contributed by atoms with Crippen molar-refractivity contribution >= 4 is 39.1 Å². The number of halogens is 1. The summed E-state index contributed by atoms with van der Waals surface area (Å²) in [5.74, 6) is -0.525. The molecule has 0 bridgehead atoms. The van der Waals surface area contributed by atoms with Crippen molar-refractivity contribution in [1.82, 2.24) is 10.2 Å². The summed E-state index contributed by atoms with van der Waals surface area (Å²) in [4.78, 5) is 28.3. The summed E-state index contributed by atoms with van der Waals surface area (Å²) in [5, 5.41) is 3.33. The molecule has 3 rings (SSSR count). The van der Waals surface area contributed by atoms with Crippen LogP contribution in [-0.4, -0.2) is 50.8 Å². The molecule has 0 radical (unpaired) electrons. The molecule has 0 aromatic heterocycles. The van der Waals surface area contributed by atoms with E-state index in [0.717, 1.165) is 9.87 Å². The van der Waals surface area contributed by atoms with Crippen LogP contribution in [0.1, 0.15) is 26.3 Å². The van der Waals surface area contributed by atoms with Crippen molar-refractivity contribution in [2.24, 2.45) is 5.92 Å². The summed E-state index contributed by atoms with van der Waals surface area (Å²) in [5.41, 5.74) is 1.30. The summed E-state index contributed by atoms with van der Waals surface area (Å²) in [6.07, 6.45) is 0.515. The van der Waals surface area contributed by atoms with Crippen molar-refractivity contribution in [3.05, 3.63) is 95.5 Å². The Morgan fingerprint density at radius 2 is 1.45 bits per heavy atom. The minimum atomic E-state index is -4.09. The number of benzene rings is 3. The summed E-state index contributed by atoms with van der Waals surface area (Å²) >= 11 is 6.04. The van der Waals surface area contributed by atoms with Crippen LogP contribution in [-0.2, 0) is 26.0 Å². The zero-order valence-electron chi connectivity index (χ0n) is 21.9. The summed E-state index contributed by atoms with van der Waals surface area (Å²) in [6.45, 7) is 5.89. The molecule has 0 fully saturated rings. The Labute approximate surface area is 230 Å². The average Bonchev–Trinajstić information content (AvgIpc) is 2.92. The summed E-state index contributed by atoms with van der Waals surface area (Å²) in [6, 6.07) is 23.0. The van der Waals surface area contributed by atoms with E-state index in [0.29, 0.717) is 23.7 Å². The van der Waals surface area contributed by atoms with Crippen LogP contribution in [0.25, 0.3) is 0 Å². The highest BCUT2D eigenvalue weighted by Gasteiger charge is 2.32. The third-order valence-corrected chi connectivity index (χ3v) is 8.10. The van der Waals surface area contributed by atoms with Gasteiger partial charge < -0.3 is 10.2 Å². The number of carbonyl (C=O) groups excluding carboxylic acids is 2. The fraction of sp³-hybridized carbons (Fsp3) is 0.310. The quantitative estimate of drug-likeness (QED) is 0.349. The van der Waals surface area contributed by atoms with E-state index in [1.165, 1.54) is 17.0 Å². The van der Waals surface area contributed by atoms with Gasteiger partial charge in [-0.25, -0.2) is 8.42 Å². The third kappa shape index (κ3) is 7.82. The van der Waals surface area contributed by atoms with Crippen LogP contribution in [0.15, 0.2) is 89.8 Å². The molecule has 9 heteroatoms. The Morgan fingerprint density at radius 3 is 2.03 bits per heavy atom. The van der Waals surface area contributed by atoms with Gasteiger partial charge in [0.05, 0.1) is 10.6 Å². The standard InChI is InChI=1S/C29H34ClN3O4S/c1-22(2)20-31-29(35)23(3)32(19-18-24-10-6-4-7-11-24)28(34)21-33(26-16-14-25(30)15-17-26)38(36,37)27-12-8-5-9-13-27/h4-17,22-23H,18-21H2,1-3H3,(H,31,35)/t23-/m1/s1. The number of hydrogen-bond acceptors (Lipinski definition) is 4. The molecule has 3 aromatic rings. The Morgan fingerprint density at radius 1 is 0.868 bits per heavy atom. The molecule has 0 saturated heterocycles. The largest absolute Gasteiger partial charge is 0.354 e. The first kappa shape index (κ1) is 29.2. The monoisotopic (exact) mass is 555 g/mol. The van der Waals surface area contributed by atoms with E-state index in [4.69, 9.17) is 11.6 Å². The second-order valence-corrected chi connectivity index (χ2v) is 11.7. The average molecular weight is 556 g/mol. The van der Waals surface area contributed by atoms with Crippen LogP contribution in [0, 0.1) is 5.92 Å². The molecule has 0 aliphatic heterocycles. The van der Waals surface area contributed by atoms with Gasteiger partial charge in [0.2, 0.25) is 11.8 Å². The Bertz CT molecular complexity index is 1300. The smallest absolute Gasteiger partial charge is 0.264 e. The zero-order valence-corrected chi connectivity index (χ0v) is 23.5. The second kappa shape index (κ2) is 13.4. The van der Waals surface area contributed by atoms with Crippen molar-refractivity contribution in [2.45, 2.75) is 38.1 Å². The first-order valence-electron chi connectivity index (χ1n) is 12.5. The van der Waals surface area contributed by atoms with Gasteiger partial charge in [0.15, 0.2) is 0 Å². The minimum absolute atomic E-state index is 0.0568. The van der Waals surface area contributed by atoms with Crippen LogP contribution in [0.5, 0.6) is 0 Å². The summed E-state index contributed by atoms with van der Waals surface area (Å²) < 4.78 is 28.4. The normalized spacial score (nSPS) is 12.1. The molecular weight excluding hydrogens is 522 g/mol. The molecular formula is C29H34ClN3O4S. The van der Waals surface area contributed by atoms with E-state index in [-0.39, 0.29) is 23.3 Å². The van der Waals surface area contributed by atoms with E-state index in [1.807, 2.05) is 44.2 Å². The van der Waals surface area contributed by atoms with E-state index >= 15 is 0 Å². The molecule has 38 heavy (non-hydrogen) atoms. The van der Waals surface area contributed by atoms with Crippen molar-refractivity contribution < 1.29 is 18.0 Å². The number of carbonyl (C=O) groups is 2. The number of amides is 2. The van der Waals surface area contributed by atoms with Gasteiger partial charge >= 0.3 is 0 Å². The molecule has 1 N–H and O–H groups in total. The lowest BCUT2D eigenvalue weighted by Crippen LogP contribution is -2.52. The van der Waals surface area contributed by atoms with Crippen LogP contribution < -0.4 is 9.62 Å². The maximum atomic E-state index is 13.8. The molecule has 0 unspecified atom stereocenters. The molecule has 7 nitrogen and oxygen atoms in total. The lowest BCUT2D eigenvalue weighted by atomic mass is 10.1. The molecule has 0 spiro atoms. The fourth-order valence-corrected chi connectivity index (χ4v) is 5.44. The second-order valence-electron chi connectivity index (χ2n) is 9.44. The predicted molar refractivity (Wildman–Crippen MR) is 152 cm³/mol.